The van der Waals surface area contributed by atoms with Gasteiger partial charge in [0.25, 0.3) is 0 Å². The predicted octanol–water partition coefficient (Wildman–Crippen LogP) is 3.94. The Morgan fingerprint density at radius 2 is 2.10 bits per heavy atom. The SMILES string of the molecule is CCc1ccc(CC(NC)c2cccc(Cl)c2F)nc1. The van der Waals surface area contributed by atoms with E-state index in [1.807, 2.05) is 19.3 Å². The minimum absolute atomic E-state index is 0.145. The largest absolute Gasteiger partial charge is 0.313 e. The number of hydrogen-bond acceptors (Lipinski definition) is 2. The van der Waals surface area contributed by atoms with E-state index in [1.165, 1.54) is 5.56 Å². The lowest BCUT2D eigenvalue weighted by atomic mass is 10.0. The highest BCUT2D eigenvalue weighted by atomic mass is 35.5. The van der Waals surface area contributed by atoms with E-state index in [9.17, 15) is 4.39 Å². The summed E-state index contributed by atoms with van der Waals surface area (Å²) < 4.78 is 14.1. The maximum Gasteiger partial charge on any atom is 0.146 e. The molecule has 0 aliphatic carbocycles. The van der Waals surface area contributed by atoms with Crippen LogP contribution in [0.25, 0.3) is 0 Å². The summed E-state index contributed by atoms with van der Waals surface area (Å²) >= 11 is 5.84. The molecule has 0 amide bonds. The summed E-state index contributed by atoms with van der Waals surface area (Å²) in [5.74, 6) is -0.362. The predicted molar refractivity (Wildman–Crippen MR) is 80.5 cm³/mol. The number of aromatic nitrogens is 1. The average Bonchev–Trinajstić information content (AvgIpc) is 2.48. The maximum absolute atomic E-state index is 14.1. The molecule has 0 saturated carbocycles. The van der Waals surface area contributed by atoms with E-state index in [1.54, 1.807) is 18.2 Å². The Hall–Kier alpha value is -1.45. The summed E-state index contributed by atoms with van der Waals surface area (Å²) in [6.07, 6.45) is 3.46. The van der Waals surface area contributed by atoms with Crippen molar-refractivity contribution in [3.8, 4) is 0 Å². The topological polar surface area (TPSA) is 24.9 Å². The second-order valence-electron chi connectivity index (χ2n) is 4.70. The molecular formula is C16H18ClFN2. The van der Waals surface area contributed by atoms with Gasteiger partial charge in [-0.2, -0.15) is 0 Å². The molecule has 1 aromatic carbocycles. The molecule has 0 aliphatic rings. The molecular weight excluding hydrogens is 275 g/mol. The molecule has 0 radical (unpaired) electrons. The lowest BCUT2D eigenvalue weighted by molar-refractivity contribution is 0.530. The first kappa shape index (κ1) is 14.9. The first-order valence-corrected chi connectivity index (χ1v) is 7.08. The van der Waals surface area contributed by atoms with Crippen molar-refractivity contribution < 1.29 is 4.39 Å². The minimum atomic E-state index is -0.362. The van der Waals surface area contributed by atoms with Crippen LogP contribution in [0.5, 0.6) is 0 Å². The van der Waals surface area contributed by atoms with Gasteiger partial charge in [-0.3, -0.25) is 4.98 Å². The summed E-state index contributed by atoms with van der Waals surface area (Å²) in [4.78, 5) is 4.42. The molecule has 1 N–H and O–H groups in total. The van der Waals surface area contributed by atoms with E-state index in [2.05, 4.69) is 23.3 Å². The third kappa shape index (κ3) is 3.35. The molecule has 0 saturated heterocycles. The molecule has 0 bridgehead atoms. The minimum Gasteiger partial charge on any atom is -0.313 e. The van der Waals surface area contributed by atoms with Gasteiger partial charge < -0.3 is 5.32 Å². The normalized spacial score (nSPS) is 12.4. The van der Waals surface area contributed by atoms with Crippen molar-refractivity contribution in [2.24, 2.45) is 0 Å². The highest BCUT2D eigenvalue weighted by molar-refractivity contribution is 6.30. The quantitative estimate of drug-likeness (QED) is 0.903. The van der Waals surface area contributed by atoms with Crippen molar-refractivity contribution in [2.75, 3.05) is 7.05 Å². The van der Waals surface area contributed by atoms with Gasteiger partial charge in [-0.05, 0) is 31.2 Å². The molecule has 20 heavy (non-hydrogen) atoms. The van der Waals surface area contributed by atoms with Crippen molar-refractivity contribution in [3.05, 3.63) is 64.2 Å². The van der Waals surface area contributed by atoms with Crippen LogP contribution in [0.1, 0.15) is 29.8 Å². The van der Waals surface area contributed by atoms with Gasteiger partial charge in [0.1, 0.15) is 5.82 Å². The number of halogens is 2. The molecule has 0 aliphatic heterocycles. The summed E-state index contributed by atoms with van der Waals surface area (Å²) in [6.45, 7) is 2.09. The fraction of sp³-hybridized carbons (Fsp3) is 0.312. The third-order valence-electron chi connectivity index (χ3n) is 3.41. The van der Waals surface area contributed by atoms with Gasteiger partial charge in [0.2, 0.25) is 0 Å². The number of benzene rings is 1. The molecule has 2 nitrogen and oxygen atoms in total. The Labute approximate surface area is 124 Å². The van der Waals surface area contributed by atoms with Crippen LogP contribution in [0, 0.1) is 5.82 Å². The van der Waals surface area contributed by atoms with Crippen LogP contribution >= 0.6 is 11.6 Å². The van der Waals surface area contributed by atoms with Crippen LogP contribution in [0.4, 0.5) is 4.39 Å². The number of rotatable bonds is 5. The van der Waals surface area contributed by atoms with E-state index in [-0.39, 0.29) is 16.9 Å². The van der Waals surface area contributed by atoms with Crippen LogP contribution < -0.4 is 5.32 Å². The van der Waals surface area contributed by atoms with Crippen molar-refractivity contribution >= 4 is 11.6 Å². The molecule has 0 fully saturated rings. The number of likely N-dealkylation sites (N-methyl/N-ethyl adjacent to an activating group) is 1. The van der Waals surface area contributed by atoms with Crippen LogP contribution in [-0.2, 0) is 12.8 Å². The molecule has 2 aromatic rings. The van der Waals surface area contributed by atoms with E-state index in [0.29, 0.717) is 12.0 Å². The van der Waals surface area contributed by atoms with E-state index < -0.39 is 0 Å². The van der Waals surface area contributed by atoms with Gasteiger partial charge in [0, 0.05) is 29.9 Å². The Bertz CT molecular complexity index is 569. The van der Waals surface area contributed by atoms with Gasteiger partial charge in [-0.25, -0.2) is 4.39 Å². The monoisotopic (exact) mass is 292 g/mol. The van der Waals surface area contributed by atoms with Crippen molar-refractivity contribution in [1.82, 2.24) is 10.3 Å². The number of hydrogen-bond donors (Lipinski definition) is 1. The van der Waals surface area contributed by atoms with Gasteiger partial charge in [-0.1, -0.05) is 36.7 Å². The maximum atomic E-state index is 14.1. The Morgan fingerprint density at radius 3 is 2.70 bits per heavy atom. The summed E-state index contributed by atoms with van der Waals surface area (Å²) in [7, 11) is 1.81. The summed E-state index contributed by atoms with van der Waals surface area (Å²) in [5.41, 5.74) is 2.70. The smallest absolute Gasteiger partial charge is 0.146 e. The molecule has 1 atom stereocenters. The van der Waals surface area contributed by atoms with Gasteiger partial charge in [-0.15, -0.1) is 0 Å². The first-order valence-electron chi connectivity index (χ1n) is 6.70. The van der Waals surface area contributed by atoms with Crippen LogP contribution in [0.15, 0.2) is 36.5 Å². The summed E-state index contributed by atoms with van der Waals surface area (Å²) in [6, 6.07) is 8.98. The van der Waals surface area contributed by atoms with Crippen LogP contribution in [0.3, 0.4) is 0 Å². The van der Waals surface area contributed by atoms with E-state index in [0.717, 1.165) is 12.1 Å². The fourth-order valence-corrected chi connectivity index (χ4v) is 2.33. The molecule has 4 heteroatoms. The molecule has 0 spiro atoms. The molecule has 106 valence electrons. The zero-order valence-corrected chi connectivity index (χ0v) is 12.4. The first-order chi connectivity index (χ1) is 9.65. The second kappa shape index (κ2) is 6.82. The Morgan fingerprint density at radius 1 is 1.30 bits per heavy atom. The molecule has 1 aromatic heterocycles. The van der Waals surface area contributed by atoms with E-state index >= 15 is 0 Å². The number of pyridine rings is 1. The number of aryl methyl sites for hydroxylation is 1. The van der Waals surface area contributed by atoms with Crippen molar-refractivity contribution in [2.45, 2.75) is 25.8 Å². The second-order valence-corrected chi connectivity index (χ2v) is 5.11. The zero-order chi connectivity index (χ0) is 14.5. The number of nitrogens with one attached hydrogen (secondary N) is 1. The lowest BCUT2D eigenvalue weighted by Gasteiger charge is -2.17. The number of nitrogens with zero attached hydrogens (tertiary/aromatic N) is 1. The highest BCUT2D eigenvalue weighted by Crippen LogP contribution is 2.25. The summed E-state index contributed by atoms with van der Waals surface area (Å²) in [5, 5.41) is 3.27. The van der Waals surface area contributed by atoms with Gasteiger partial charge in [0.05, 0.1) is 5.02 Å². The third-order valence-corrected chi connectivity index (χ3v) is 3.70. The molecule has 1 heterocycles. The van der Waals surface area contributed by atoms with Crippen molar-refractivity contribution in [3.63, 3.8) is 0 Å². The standard InChI is InChI=1S/C16H18ClFN2/c1-3-11-7-8-12(20-10-11)9-15(19-2)13-5-4-6-14(17)16(13)18/h4-8,10,15,19H,3,9H2,1-2H3. The van der Waals surface area contributed by atoms with Crippen molar-refractivity contribution in [1.29, 1.82) is 0 Å². The van der Waals surface area contributed by atoms with Crippen LogP contribution in [0.2, 0.25) is 5.02 Å². The highest BCUT2D eigenvalue weighted by Gasteiger charge is 2.16. The molecule has 1 unspecified atom stereocenters. The van der Waals surface area contributed by atoms with E-state index in [4.69, 9.17) is 11.6 Å². The Balaban J connectivity index is 2.21. The average molecular weight is 293 g/mol. The molecule has 2 rings (SSSR count). The fourth-order valence-electron chi connectivity index (χ4n) is 2.15. The van der Waals surface area contributed by atoms with Gasteiger partial charge >= 0.3 is 0 Å². The van der Waals surface area contributed by atoms with Gasteiger partial charge in [0.15, 0.2) is 0 Å². The van der Waals surface area contributed by atoms with Crippen LogP contribution in [-0.4, -0.2) is 12.0 Å². The Kier molecular flexibility index (Phi) is 5.10. The zero-order valence-electron chi connectivity index (χ0n) is 11.7. The lowest BCUT2D eigenvalue weighted by Crippen LogP contribution is -2.20.